The maximum Gasteiger partial charge on any atom is 0.214 e. The number of anilines is 1. The highest BCUT2D eigenvalue weighted by Crippen LogP contribution is 2.25. The summed E-state index contributed by atoms with van der Waals surface area (Å²) < 4.78 is 12.9. The molecule has 1 N–H and O–H groups in total. The van der Waals surface area contributed by atoms with Crippen LogP contribution in [0.15, 0.2) is 42.6 Å². The highest BCUT2D eigenvalue weighted by Gasteiger charge is 2.08. The maximum absolute atomic E-state index is 12.9. The Morgan fingerprint density at radius 3 is 2.76 bits per heavy atom. The van der Waals surface area contributed by atoms with Crippen molar-refractivity contribution < 1.29 is 4.39 Å². The number of aromatic nitrogens is 1. The summed E-state index contributed by atoms with van der Waals surface area (Å²) in [4.78, 5) is 3.50. The molecule has 1 heterocycles. The molecule has 88 valence electrons. The zero-order valence-electron chi connectivity index (χ0n) is 9.32. The molecular formula is C13H12ClFN2. The van der Waals surface area contributed by atoms with Gasteiger partial charge >= 0.3 is 0 Å². The van der Waals surface area contributed by atoms with Crippen LogP contribution in [0, 0.1) is 5.95 Å². The minimum absolute atomic E-state index is 0.00509. The number of nitrogens with zero attached hydrogens (tertiary/aromatic N) is 1. The Labute approximate surface area is 104 Å². The van der Waals surface area contributed by atoms with E-state index in [1.54, 1.807) is 6.07 Å². The summed E-state index contributed by atoms with van der Waals surface area (Å²) in [6, 6.07) is 10.7. The molecular weight excluding hydrogens is 239 g/mol. The molecule has 0 aliphatic rings. The Balaban J connectivity index is 2.17. The third-order valence-corrected chi connectivity index (χ3v) is 2.83. The second-order valence-corrected chi connectivity index (χ2v) is 4.16. The van der Waals surface area contributed by atoms with E-state index >= 15 is 0 Å². The van der Waals surface area contributed by atoms with E-state index in [2.05, 4.69) is 10.3 Å². The zero-order valence-corrected chi connectivity index (χ0v) is 10.1. The number of rotatable bonds is 3. The SMILES string of the molecule is CC(Nc1ccnc(F)c1)c1ccccc1Cl. The standard InChI is InChI=1S/C13H12ClFN2/c1-9(11-4-2-3-5-12(11)14)17-10-6-7-16-13(15)8-10/h2-9H,1H3,(H,16,17). The molecule has 0 bridgehead atoms. The molecule has 0 aliphatic carbocycles. The lowest BCUT2D eigenvalue weighted by Crippen LogP contribution is -2.07. The molecule has 0 spiro atoms. The van der Waals surface area contributed by atoms with Gasteiger partial charge in [-0.05, 0) is 24.6 Å². The molecule has 0 saturated carbocycles. The van der Waals surface area contributed by atoms with Crippen molar-refractivity contribution in [1.29, 1.82) is 0 Å². The normalized spacial score (nSPS) is 12.2. The van der Waals surface area contributed by atoms with Gasteiger partial charge in [0.05, 0.1) is 0 Å². The monoisotopic (exact) mass is 250 g/mol. The van der Waals surface area contributed by atoms with Gasteiger partial charge in [0.25, 0.3) is 0 Å². The first-order valence-electron chi connectivity index (χ1n) is 5.29. The molecule has 1 aromatic carbocycles. The van der Waals surface area contributed by atoms with Gasteiger partial charge in [-0.15, -0.1) is 0 Å². The van der Waals surface area contributed by atoms with Crippen LogP contribution in [0.25, 0.3) is 0 Å². The highest BCUT2D eigenvalue weighted by atomic mass is 35.5. The molecule has 0 saturated heterocycles. The second kappa shape index (κ2) is 5.15. The van der Waals surface area contributed by atoms with Crippen LogP contribution in [0.2, 0.25) is 5.02 Å². The molecule has 2 aromatic rings. The fourth-order valence-electron chi connectivity index (χ4n) is 1.65. The number of nitrogens with one attached hydrogen (secondary N) is 1. The summed E-state index contributed by atoms with van der Waals surface area (Å²) in [6.45, 7) is 1.97. The Hall–Kier alpha value is -1.61. The number of benzene rings is 1. The Bertz CT molecular complexity index is 516. The van der Waals surface area contributed by atoms with Gasteiger partial charge in [0.15, 0.2) is 0 Å². The van der Waals surface area contributed by atoms with Crippen LogP contribution >= 0.6 is 11.6 Å². The van der Waals surface area contributed by atoms with Crippen molar-refractivity contribution in [2.45, 2.75) is 13.0 Å². The largest absolute Gasteiger partial charge is 0.378 e. The number of hydrogen-bond acceptors (Lipinski definition) is 2. The Kier molecular flexibility index (Phi) is 3.59. The predicted octanol–water partition coefficient (Wildman–Crippen LogP) is 4.05. The molecule has 0 fully saturated rings. The maximum atomic E-state index is 12.9. The molecule has 4 heteroatoms. The van der Waals surface area contributed by atoms with Crippen molar-refractivity contribution in [3.05, 3.63) is 59.1 Å². The van der Waals surface area contributed by atoms with Crippen molar-refractivity contribution in [3.63, 3.8) is 0 Å². The summed E-state index contributed by atoms with van der Waals surface area (Å²) in [5, 5.41) is 3.87. The van der Waals surface area contributed by atoms with E-state index < -0.39 is 5.95 Å². The Morgan fingerprint density at radius 1 is 1.29 bits per heavy atom. The summed E-state index contributed by atoms with van der Waals surface area (Å²) in [5.41, 5.74) is 1.66. The average Bonchev–Trinajstić information content (AvgIpc) is 2.29. The van der Waals surface area contributed by atoms with Crippen LogP contribution in [0.1, 0.15) is 18.5 Å². The predicted molar refractivity (Wildman–Crippen MR) is 67.7 cm³/mol. The molecule has 0 aliphatic heterocycles. The molecule has 1 unspecified atom stereocenters. The van der Waals surface area contributed by atoms with E-state index in [0.717, 1.165) is 5.56 Å². The third kappa shape index (κ3) is 2.94. The van der Waals surface area contributed by atoms with Crippen LogP contribution in [-0.2, 0) is 0 Å². The third-order valence-electron chi connectivity index (χ3n) is 2.48. The second-order valence-electron chi connectivity index (χ2n) is 3.75. The molecule has 1 aromatic heterocycles. The van der Waals surface area contributed by atoms with Gasteiger partial charge in [-0.3, -0.25) is 0 Å². The highest BCUT2D eigenvalue weighted by molar-refractivity contribution is 6.31. The van der Waals surface area contributed by atoms with Crippen molar-refractivity contribution in [2.24, 2.45) is 0 Å². The number of pyridine rings is 1. The van der Waals surface area contributed by atoms with Crippen LogP contribution < -0.4 is 5.32 Å². The summed E-state index contributed by atoms with van der Waals surface area (Å²) in [6.07, 6.45) is 1.43. The quantitative estimate of drug-likeness (QED) is 0.832. The first kappa shape index (κ1) is 11.9. The van der Waals surface area contributed by atoms with Gasteiger partial charge in [0.2, 0.25) is 5.95 Å². The van der Waals surface area contributed by atoms with E-state index in [1.165, 1.54) is 12.3 Å². The van der Waals surface area contributed by atoms with Gasteiger partial charge in [0.1, 0.15) is 0 Å². The van der Waals surface area contributed by atoms with Gasteiger partial charge < -0.3 is 5.32 Å². The number of hydrogen-bond donors (Lipinski definition) is 1. The van der Waals surface area contributed by atoms with Gasteiger partial charge in [-0.2, -0.15) is 4.39 Å². The zero-order chi connectivity index (χ0) is 12.3. The molecule has 0 amide bonds. The molecule has 2 rings (SSSR count). The van der Waals surface area contributed by atoms with Gasteiger partial charge in [-0.25, -0.2) is 4.98 Å². The molecule has 1 atom stereocenters. The summed E-state index contributed by atoms with van der Waals surface area (Å²) >= 11 is 6.09. The Morgan fingerprint density at radius 2 is 2.06 bits per heavy atom. The summed E-state index contributed by atoms with van der Waals surface area (Å²) in [5.74, 6) is -0.499. The molecule has 0 radical (unpaired) electrons. The first-order chi connectivity index (χ1) is 8.16. The van der Waals surface area contributed by atoms with Crippen LogP contribution in [0.4, 0.5) is 10.1 Å². The van der Waals surface area contributed by atoms with Crippen molar-refractivity contribution in [2.75, 3.05) is 5.32 Å². The lowest BCUT2D eigenvalue weighted by molar-refractivity contribution is 0.584. The van der Waals surface area contributed by atoms with E-state index in [1.807, 2.05) is 31.2 Å². The summed E-state index contributed by atoms with van der Waals surface area (Å²) in [7, 11) is 0. The fraction of sp³-hybridized carbons (Fsp3) is 0.154. The molecule has 2 nitrogen and oxygen atoms in total. The van der Waals surface area contributed by atoms with E-state index in [9.17, 15) is 4.39 Å². The van der Waals surface area contributed by atoms with E-state index in [4.69, 9.17) is 11.6 Å². The lowest BCUT2D eigenvalue weighted by atomic mass is 10.1. The first-order valence-corrected chi connectivity index (χ1v) is 5.67. The van der Waals surface area contributed by atoms with E-state index in [-0.39, 0.29) is 6.04 Å². The van der Waals surface area contributed by atoms with Crippen molar-refractivity contribution in [3.8, 4) is 0 Å². The lowest BCUT2D eigenvalue weighted by Gasteiger charge is -2.16. The van der Waals surface area contributed by atoms with Gasteiger partial charge in [0, 0.05) is 29.0 Å². The topological polar surface area (TPSA) is 24.9 Å². The minimum atomic E-state index is -0.499. The average molecular weight is 251 g/mol. The van der Waals surface area contributed by atoms with Crippen molar-refractivity contribution in [1.82, 2.24) is 4.98 Å². The molecule has 17 heavy (non-hydrogen) atoms. The fourth-order valence-corrected chi connectivity index (χ4v) is 1.95. The van der Waals surface area contributed by atoms with Crippen molar-refractivity contribution >= 4 is 17.3 Å². The van der Waals surface area contributed by atoms with Crippen LogP contribution in [-0.4, -0.2) is 4.98 Å². The van der Waals surface area contributed by atoms with Gasteiger partial charge in [-0.1, -0.05) is 29.8 Å². The van der Waals surface area contributed by atoms with Crippen LogP contribution in [0.5, 0.6) is 0 Å². The number of halogens is 2. The van der Waals surface area contributed by atoms with E-state index in [0.29, 0.717) is 10.7 Å². The van der Waals surface area contributed by atoms with Crippen LogP contribution in [0.3, 0.4) is 0 Å². The smallest absolute Gasteiger partial charge is 0.214 e. The minimum Gasteiger partial charge on any atom is -0.378 e.